The first kappa shape index (κ1) is 10.4. The third kappa shape index (κ3) is 3.96. The molecule has 1 rings (SSSR count). The smallest absolute Gasteiger partial charge is 0.0406 e. The van der Waals surface area contributed by atoms with E-state index in [1.807, 2.05) is 24.3 Å². The maximum absolute atomic E-state index is 9.00. The number of nitrogens with two attached hydrogens (primary N) is 1. The quantitative estimate of drug-likeness (QED) is 0.653. The second-order valence-corrected chi connectivity index (χ2v) is 2.42. The van der Waals surface area contributed by atoms with Crippen molar-refractivity contribution in [1.82, 2.24) is 0 Å². The minimum absolute atomic E-state index is 0.812. The van der Waals surface area contributed by atoms with E-state index in [4.69, 9.17) is 16.1 Å². The third-order valence-corrected chi connectivity index (χ3v) is 1.57. The second kappa shape index (κ2) is 6.13. The summed E-state index contributed by atoms with van der Waals surface area (Å²) in [5.74, 6) is 3.00. The van der Waals surface area contributed by atoms with E-state index in [1.54, 1.807) is 0 Å². The van der Waals surface area contributed by atoms with Gasteiger partial charge in [0.2, 0.25) is 0 Å². The molecule has 11 heavy (non-hydrogen) atoms. The van der Waals surface area contributed by atoms with Gasteiger partial charge >= 0.3 is 0 Å². The lowest BCUT2D eigenvalue weighted by Gasteiger charge is -1.93. The van der Waals surface area contributed by atoms with E-state index in [2.05, 4.69) is 12.9 Å². The van der Waals surface area contributed by atoms with Gasteiger partial charge in [-0.05, 0) is 24.1 Å². The highest BCUT2D eigenvalue weighted by molar-refractivity contribution is 6.30. The fourth-order valence-electron chi connectivity index (χ4n) is 0.720. The summed E-state index contributed by atoms with van der Waals surface area (Å²) in [5, 5.41) is 0.812. The van der Waals surface area contributed by atoms with Crippen molar-refractivity contribution in [2.24, 2.45) is 5.96 Å². The van der Waals surface area contributed by atoms with Gasteiger partial charge in [-0.1, -0.05) is 30.7 Å². The molecule has 0 bridgehead atoms. The molecule has 0 fully saturated rings. The molecule has 0 aliphatic heterocycles. The molecule has 0 heterocycles. The summed E-state index contributed by atoms with van der Waals surface area (Å²) in [6.07, 6.45) is 1.08. The lowest BCUT2D eigenvalue weighted by atomic mass is 10.2. The topological polar surface area (TPSA) is 26.0 Å². The van der Waals surface area contributed by atoms with Gasteiger partial charge in [-0.15, -0.1) is 4.48 Å². The molecule has 0 aliphatic rings. The Labute approximate surface area is 70.9 Å². The van der Waals surface area contributed by atoms with E-state index in [1.165, 1.54) is 5.56 Å². The van der Waals surface area contributed by atoms with Crippen LogP contribution >= 0.6 is 11.6 Å². The minimum atomic E-state index is 0.812. The molecule has 1 nitrogen and oxygen atoms in total. The normalized spacial score (nSPS) is 8.36. The molecule has 0 saturated carbocycles. The van der Waals surface area contributed by atoms with Crippen LogP contribution in [0, 0.1) is 0 Å². The summed E-state index contributed by atoms with van der Waals surface area (Å²) in [5.41, 5.74) is 1.33. The predicted octanol–water partition coefficient (Wildman–Crippen LogP) is 2.73. The minimum Gasteiger partial charge on any atom is -0.172 e. The van der Waals surface area contributed by atoms with Gasteiger partial charge in [0.1, 0.15) is 0 Å². The summed E-state index contributed by atoms with van der Waals surface area (Å²) in [7, 11) is 0. The van der Waals surface area contributed by atoms with Crippen molar-refractivity contribution in [3.05, 3.63) is 34.9 Å². The van der Waals surface area contributed by atoms with E-state index in [-0.39, 0.29) is 0 Å². The first-order valence-electron chi connectivity index (χ1n) is 3.29. The largest absolute Gasteiger partial charge is 0.172 e. The van der Waals surface area contributed by atoms with Gasteiger partial charge in [0.05, 0.1) is 0 Å². The van der Waals surface area contributed by atoms with E-state index in [0.717, 1.165) is 11.4 Å². The first-order chi connectivity index (χ1) is 5.33. The Kier molecular flexibility index (Phi) is 5.80. The van der Waals surface area contributed by atoms with Crippen LogP contribution < -0.4 is 5.96 Å². The van der Waals surface area contributed by atoms with Crippen molar-refractivity contribution in [1.29, 1.82) is 0 Å². The van der Waals surface area contributed by atoms with Gasteiger partial charge in [0.15, 0.2) is 0 Å². The molecule has 1 aromatic rings. The average molecular weight is 176 g/mol. The van der Waals surface area contributed by atoms with Crippen LogP contribution in [0.25, 0.3) is 0 Å². The van der Waals surface area contributed by atoms with Crippen LogP contribution in [0.15, 0.2) is 24.3 Å². The average Bonchev–Trinajstić information content (AvgIpc) is 2.10. The summed E-state index contributed by atoms with van der Waals surface area (Å²) in [4.78, 5) is 0. The zero-order valence-electron chi connectivity index (χ0n) is 6.35. The van der Waals surface area contributed by atoms with Crippen LogP contribution in [0.1, 0.15) is 12.5 Å². The van der Waals surface area contributed by atoms with Gasteiger partial charge < -0.3 is 0 Å². The Morgan fingerprint density at radius 3 is 2.09 bits per heavy atom. The lowest BCUT2D eigenvalue weighted by molar-refractivity contribution is 0.530. The molecule has 0 radical (unpaired) electrons. The molecule has 0 amide bonds. The van der Waals surface area contributed by atoms with Gasteiger partial charge in [-0.3, -0.25) is 0 Å². The summed E-state index contributed by atoms with van der Waals surface area (Å²) >= 11 is 5.67. The second-order valence-electron chi connectivity index (χ2n) is 1.98. The van der Waals surface area contributed by atoms with E-state index in [9.17, 15) is 0 Å². The van der Waals surface area contributed by atoms with Gasteiger partial charge in [-0.25, -0.2) is 0 Å². The van der Waals surface area contributed by atoms with Crippen molar-refractivity contribution < 1.29 is 4.48 Å². The highest BCUT2D eigenvalue weighted by Gasteiger charge is 1.86. The number of benzene rings is 1. The molecule has 1 aromatic carbocycles. The molecule has 2 N–H and O–H groups in total. The fourth-order valence-corrected chi connectivity index (χ4v) is 0.846. The Morgan fingerprint density at radius 2 is 1.73 bits per heavy atom. The molecule has 0 unspecified atom stereocenters. The molecular weight excluding hydrogens is 165 g/mol. The fraction of sp³-hybridized carbons (Fsp3) is 0.250. The van der Waals surface area contributed by atoms with Crippen molar-refractivity contribution in [3.63, 3.8) is 0 Å². The van der Waals surface area contributed by atoms with Crippen molar-refractivity contribution in [2.75, 3.05) is 0 Å². The van der Waals surface area contributed by atoms with Crippen LogP contribution in [0.3, 0.4) is 0 Å². The third-order valence-electron chi connectivity index (χ3n) is 1.32. The number of rotatable bonds is 1. The zero-order chi connectivity index (χ0) is 8.69. The van der Waals surface area contributed by atoms with Gasteiger partial charge in [-0.2, -0.15) is 5.96 Å². The highest BCUT2D eigenvalue weighted by Crippen LogP contribution is 2.09. The zero-order valence-corrected chi connectivity index (χ0v) is 7.11. The van der Waals surface area contributed by atoms with Crippen LogP contribution in [0.4, 0.5) is 4.48 Å². The van der Waals surface area contributed by atoms with Crippen molar-refractivity contribution in [2.45, 2.75) is 13.3 Å². The number of halogens is 2. The predicted molar refractivity (Wildman–Crippen MR) is 46.1 cm³/mol. The van der Waals surface area contributed by atoms with Crippen LogP contribution in [0.2, 0.25) is 5.02 Å². The first-order valence-corrected chi connectivity index (χ1v) is 3.67. The van der Waals surface area contributed by atoms with Crippen molar-refractivity contribution in [3.8, 4) is 0 Å². The Balaban J connectivity index is 0.000000461. The Bertz CT molecular complexity index is 186. The molecule has 0 aliphatic carbocycles. The van der Waals surface area contributed by atoms with E-state index < -0.39 is 0 Å². The summed E-state index contributed by atoms with van der Waals surface area (Å²) in [6, 6.07) is 7.92. The summed E-state index contributed by atoms with van der Waals surface area (Å²) in [6.45, 7) is 2.13. The molecule has 0 atom stereocenters. The number of hydrogen-bond donors (Lipinski definition) is 1. The van der Waals surface area contributed by atoms with Crippen LogP contribution in [-0.4, -0.2) is 0 Å². The number of aryl methyl sites for hydroxylation is 1. The summed E-state index contributed by atoms with van der Waals surface area (Å²) < 4.78 is 9.00. The molecule has 0 saturated heterocycles. The molecule has 62 valence electrons. The molecule has 0 spiro atoms. The Morgan fingerprint density at radius 1 is 1.27 bits per heavy atom. The number of hydrogen-bond acceptors (Lipinski definition) is 1. The standard InChI is InChI=1S/C8H9Cl.FH2N/c1-2-7-3-5-8(9)6-4-7;1-2/h3-6H,2H2,1H3;2H2. The van der Waals surface area contributed by atoms with Gasteiger partial charge in [0, 0.05) is 5.02 Å². The SMILES string of the molecule is CCc1ccc(Cl)cc1.NF. The maximum atomic E-state index is 9.00. The van der Waals surface area contributed by atoms with Crippen molar-refractivity contribution >= 4 is 11.6 Å². The Hall–Kier alpha value is -0.600. The van der Waals surface area contributed by atoms with Gasteiger partial charge in [0.25, 0.3) is 0 Å². The monoisotopic (exact) mass is 175 g/mol. The van der Waals surface area contributed by atoms with Crippen LogP contribution in [-0.2, 0) is 6.42 Å². The molecular formula is C8H11ClFN. The lowest BCUT2D eigenvalue weighted by Crippen LogP contribution is -1.75. The maximum Gasteiger partial charge on any atom is 0.0406 e. The van der Waals surface area contributed by atoms with E-state index >= 15 is 0 Å². The highest BCUT2D eigenvalue weighted by atomic mass is 35.5. The van der Waals surface area contributed by atoms with E-state index in [0.29, 0.717) is 0 Å². The molecule has 3 heteroatoms. The molecule has 0 aromatic heterocycles. The van der Waals surface area contributed by atoms with Crippen LogP contribution in [0.5, 0.6) is 0 Å².